The highest BCUT2D eigenvalue weighted by Gasteiger charge is 2.31. The second-order valence-electron chi connectivity index (χ2n) is 9.10. The van der Waals surface area contributed by atoms with Gasteiger partial charge in [-0.05, 0) is 49.8 Å². The number of carbonyl (C=O) groups is 2. The van der Waals surface area contributed by atoms with Crippen LogP contribution in [0.4, 0.5) is 0 Å². The highest BCUT2D eigenvalue weighted by atomic mass is 35.5. The zero-order valence-corrected chi connectivity index (χ0v) is 19.8. The van der Waals surface area contributed by atoms with E-state index in [9.17, 15) is 9.59 Å². The van der Waals surface area contributed by atoms with Crippen LogP contribution in [0, 0.1) is 11.8 Å². The van der Waals surface area contributed by atoms with Crippen LogP contribution < -0.4 is 5.32 Å². The minimum Gasteiger partial charge on any atom is -0.353 e. The van der Waals surface area contributed by atoms with Crippen molar-refractivity contribution >= 4 is 23.4 Å². The van der Waals surface area contributed by atoms with E-state index in [1.165, 1.54) is 0 Å². The average Bonchev–Trinajstić information content (AvgIpc) is 3.18. The molecular weight excluding hydrogens is 412 g/mol. The molecule has 1 aliphatic rings. The Hall–Kier alpha value is -2.34. The molecule has 3 rings (SSSR count). The Morgan fingerprint density at radius 3 is 2.39 bits per heavy atom. The molecule has 7 heteroatoms. The molecule has 1 unspecified atom stereocenters. The number of carbonyl (C=O) groups excluding carboxylic acids is 2. The molecule has 6 nitrogen and oxygen atoms in total. The maximum absolute atomic E-state index is 13.3. The summed E-state index contributed by atoms with van der Waals surface area (Å²) in [5, 5.41) is 8.24. The predicted octanol–water partition coefficient (Wildman–Crippen LogP) is 4.66. The molecule has 2 heterocycles. The van der Waals surface area contributed by atoms with E-state index in [1.807, 2.05) is 36.1 Å². The minimum absolute atomic E-state index is 0.0219. The first-order valence-electron chi connectivity index (χ1n) is 11.1. The van der Waals surface area contributed by atoms with Crippen molar-refractivity contribution in [1.82, 2.24) is 20.0 Å². The molecule has 31 heavy (non-hydrogen) atoms. The largest absolute Gasteiger partial charge is 0.353 e. The average molecular weight is 445 g/mol. The molecular formula is C24H33ClN4O2. The van der Waals surface area contributed by atoms with Gasteiger partial charge in [-0.1, -0.05) is 45.4 Å². The van der Waals surface area contributed by atoms with Gasteiger partial charge in [0, 0.05) is 30.1 Å². The number of hydrogen-bond acceptors (Lipinski definition) is 3. The lowest BCUT2D eigenvalue weighted by atomic mass is 9.94. The number of nitrogens with one attached hydrogen (secondary N) is 1. The van der Waals surface area contributed by atoms with Gasteiger partial charge in [0.2, 0.25) is 5.91 Å². The quantitative estimate of drug-likeness (QED) is 0.704. The van der Waals surface area contributed by atoms with E-state index in [2.05, 4.69) is 38.1 Å². The number of halogens is 1. The van der Waals surface area contributed by atoms with Crippen LogP contribution in [-0.4, -0.2) is 45.6 Å². The zero-order chi connectivity index (χ0) is 22.7. The van der Waals surface area contributed by atoms with Gasteiger partial charge in [0.1, 0.15) is 0 Å². The summed E-state index contributed by atoms with van der Waals surface area (Å²) >= 11 is 6.16. The highest BCUT2D eigenvalue weighted by molar-refractivity contribution is 6.30. The zero-order valence-electron chi connectivity index (χ0n) is 19.1. The topological polar surface area (TPSA) is 67.2 Å². The second kappa shape index (κ2) is 9.86. The molecule has 0 bridgehead atoms. The van der Waals surface area contributed by atoms with Crippen molar-refractivity contribution in [2.45, 2.75) is 59.4 Å². The Kier molecular flexibility index (Phi) is 7.42. The van der Waals surface area contributed by atoms with E-state index in [0.29, 0.717) is 42.4 Å². The van der Waals surface area contributed by atoms with Crippen molar-refractivity contribution in [1.29, 1.82) is 0 Å². The lowest BCUT2D eigenvalue weighted by Gasteiger charge is -2.32. The summed E-state index contributed by atoms with van der Waals surface area (Å²) < 4.78 is 1.80. The van der Waals surface area contributed by atoms with E-state index in [0.717, 1.165) is 11.4 Å². The summed E-state index contributed by atoms with van der Waals surface area (Å²) in [4.78, 5) is 27.7. The van der Waals surface area contributed by atoms with Gasteiger partial charge in [0.25, 0.3) is 5.91 Å². The van der Waals surface area contributed by atoms with Crippen molar-refractivity contribution in [3.05, 3.63) is 46.7 Å². The van der Waals surface area contributed by atoms with Crippen LogP contribution in [0.3, 0.4) is 0 Å². The van der Waals surface area contributed by atoms with E-state index in [-0.39, 0.29) is 29.7 Å². The third-order valence-electron chi connectivity index (χ3n) is 6.16. The first-order valence-corrected chi connectivity index (χ1v) is 11.5. The third kappa shape index (κ3) is 5.29. The van der Waals surface area contributed by atoms with Gasteiger partial charge in [0.05, 0.1) is 23.1 Å². The van der Waals surface area contributed by atoms with Crippen LogP contribution in [0.5, 0.6) is 0 Å². The Bertz CT molecular complexity index is 929. The Balaban J connectivity index is 1.72. The summed E-state index contributed by atoms with van der Waals surface area (Å²) in [6, 6.07) is 7.62. The molecule has 1 atom stereocenters. The number of rotatable bonds is 6. The molecule has 168 valence electrons. The number of benzene rings is 1. The monoisotopic (exact) mass is 444 g/mol. The number of amides is 2. The van der Waals surface area contributed by atoms with E-state index in [1.54, 1.807) is 10.9 Å². The Morgan fingerprint density at radius 2 is 1.81 bits per heavy atom. The van der Waals surface area contributed by atoms with Gasteiger partial charge >= 0.3 is 0 Å². The lowest BCUT2D eigenvalue weighted by Crippen LogP contribution is -2.45. The van der Waals surface area contributed by atoms with Gasteiger partial charge in [-0.2, -0.15) is 5.10 Å². The molecule has 1 saturated heterocycles. The number of likely N-dealkylation sites (tertiary alicyclic amines) is 1. The maximum Gasteiger partial charge on any atom is 0.257 e. The molecule has 1 aromatic heterocycles. The fraction of sp³-hybridized carbons (Fsp3) is 0.542. The normalized spacial score (nSPS) is 16.1. The van der Waals surface area contributed by atoms with Crippen molar-refractivity contribution in [3.8, 4) is 5.69 Å². The summed E-state index contributed by atoms with van der Waals surface area (Å²) in [7, 11) is 0. The summed E-state index contributed by atoms with van der Waals surface area (Å²) in [6.45, 7) is 11.5. The number of aromatic nitrogens is 2. The van der Waals surface area contributed by atoms with Crippen LogP contribution >= 0.6 is 11.6 Å². The van der Waals surface area contributed by atoms with E-state index >= 15 is 0 Å². The van der Waals surface area contributed by atoms with Crippen LogP contribution in [0.2, 0.25) is 5.02 Å². The SMILES string of the molecule is CC(C)c1c(C(=O)N2CCC(C(=O)NC(C)C(C)C)CC2)cnn1-c1cccc(Cl)c1. The van der Waals surface area contributed by atoms with Gasteiger partial charge < -0.3 is 10.2 Å². The summed E-state index contributed by atoms with van der Waals surface area (Å²) in [5.74, 6) is 0.553. The standard InChI is InChI=1S/C24H33ClN4O2/c1-15(2)17(5)27-23(30)18-9-11-28(12-10-18)24(31)21-14-26-29(22(21)16(3)4)20-8-6-7-19(25)13-20/h6-8,13-18H,9-12H2,1-5H3,(H,27,30). The van der Waals surface area contributed by atoms with Crippen LogP contribution in [0.25, 0.3) is 5.69 Å². The van der Waals surface area contributed by atoms with Gasteiger partial charge in [-0.3, -0.25) is 9.59 Å². The van der Waals surface area contributed by atoms with Crippen LogP contribution in [0.1, 0.15) is 69.4 Å². The molecule has 1 aliphatic heterocycles. The van der Waals surface area contributed by atoms with E-state index in [4.69, 9.17) is 11.6 Å². The Labute approximate surface area is 190 Å². The first-order chi connectivity index (χ1) is 14.7. The van der Waals surface area contributed by atoms with Crippen molar-refractivity contribution in [3.63, 3.8) is 0 Å². The van der Waals surface area contributed by atoms with Gasteiger partial charge in [-0.15, -0.1) is 0 Å². The molecule has 0 saturated carbocycles. The predicted molar refractivity (Wildman–Crippen MR) is 124 cm³/mol. The van der Waals surface area contributed by atoms with Crippen molar-refractivity contribution < 1.29 is 9.59 Å². The lowest BCUT2D eigenvalue weighted by molar-refractivity contribution is -0.127. The molecule has 2 amide bonds. The van der Waals surface area contributed by atoms with Crippen molar-refractivity contribution in [2.75, 3.05) is 13.1 Å². The molecule has 1 fully saturated rings. The second-order valence-corrected chi connectivity index (χ2v) is 9.53. The Morgan fingerprint density at radius 1 is 1.13 bits per heavy atom. The van der Waals surface area contributed by atoms with E-state index < -0.39 is 0 Å². The summed E-state index contributed by atoms with van der Waals surface area (Å²) in [6.07, 6.45) is 3.02. The fourth-order valence-electron chi connectivity index (χ4n) is 3.92. The first kappa shape index (κ1) is 23.3. The molecule has 0 radical (unpaired) electrons. The molecule has 0 spiro atoms. The number of piperidine rings is 1. The maximum atomic E-state index is 13.3. The molecule has 1 N–H and O–H groups in total. The minimum atomic E-state index is -0.0380. The molecule has 0 aliphatic carbocycles. The summed E-state index contributed by atoms with van der Waals surface area (Å²) in [5.41, 5.74) is 2.33. The molecule has 2 aromatic rings. The van der Waals surface area contributed by atoms with Gasteiger partial charge in [-0.25, -0.2) is 4.68 Å². The van der Waals surface area contributed by atoms with Crippen LogP contribution in [0.15, 0.2) is 30.5 Å². The van der Waals surface area contributed by atoms with Gasteiger partial charge in [0.15, 0.2) is 0 Å². The smallest absolute Gasteiger partial charge is 0.257 e. The molecule has 1 aromatic carbocycles. The fourth-order valence-corrected chi connectivity index (χ4v) is 4.10. The number of hydrogen-bond donors (Lipinski definition) is 1. The highest BCUT2D eigenvalue weighted by Crippen LogP contribution is 2.27. The third-order valence-corrected chi connectivity index (χ3v) is 6.39. The van der Waals surface area contributed by atoms with Crippen LogP contribution in [-0.2, 0) is 4.79 Å². The van der Waals surface area contributed by atoms with Crippen molar-refractivity contribution in [2.24, 2.45) is 11.8 Å². The number of nitrogens with zero attached hydrogens (tertiary/aromatic N) is 3.